The molecule has 6 heteroatoms. The van der Waals surface area contributed by atoms with Gasteiger partial charge in [0.05, 0.1) is 6.42 Å². The Morgan fingerprint density at radius 3 is 2.57 bits per heavy atom. The summed E-state index contributed by atoms with van der Waals surface area (Å²) in [6.07, 6.45) is -0.108. The molecule has 0 aromatic heterocycles. The average molecular weight is 314 g/mol. The van der Waals surface area contributed by atoms with E-state index in [1.165, 1.54) is 0 Å². The molecule has 0 spiro atoms. The van der Waals surface area contributed by atoms with Crippen molar-refractivity contribution in [3.8, 4) is 5.75 Å². The van der Waals surface area contributed by atoms with E-state index in [4.69, 9.17) is 21.4 Å². The minimum absolute atomic E-state index is 0.0299. The van der Waals surface area contributed by atoms with Crippen molar-refractivity contribution >= 4 is 23.5 Å². The fourth-order valence-corrected chi connectivity index (χ4v) is 2.03. The molecule has 0 fully saturated rings. The monoisotopic (exact) mass is 313 g/mol. The van der Waals surface area contributed by atoms with Gasteiger partial charge < -0.3 is 15.2 Å². The minimum atomic E-state index is -0.941. The van der Waals surface area contributed by atoms with Crippen molar-refractivity contribution in [3.05, 3.63) is 28.8 Å². The lowest BCUT2D eigenvalue weighted by molar-refractivity contribution is -0.138. The molecule has 0 bridgehead atoms. The van der Waals surface area contributed by atoms with E-state index in [2.05, 4.69) is 5.32 Å². The number of amides is 1. The number of aliphatic carboxylic acids is 1. The van der Waals surface area contributed by atoms with Gasteiger partial charge in [0, 0.05) is 11.1 Å². The summed E-state index contributed by atoms with van der Waals surface area (Å²) in [5, 5.41) is 12.1. The van der Waals surface area contributed by atoms with Crippen LogP contribution in [0.1, 0.15) is 25.8 Å². The minimum Gasteiger partial charge on any atom is -0.484 e. The number of halogens is 1. The quantitative estimate of drug-likeness (QED) is 0.811. The van der Waals surface area contributed by atoms with Gasteiger partial charge in [0.25, 0.3) is 5.91 Å². The van der Waals surface area contributed by atoms with Gasteiger partial charge in [-0.3, -0.25) is 9.59 Å². The van der Waals surface area contributed by atoms with E-state index >= 15 is 0 Å². The van der Waals surface area contributed by atoms with E-state index in [0.29, 0.717) is 10.8 Å². The van der Waals surface area contributed by atoms with Gasteiger partial charge in [-0.25, -0.2) is 0 Å². The molecule has 5 nitrogen and oxygen atoms in total. The molecule has 0 aliphatic carbocycles. The third kappa shape index (κ3) is 6.04. The largest absolute Gasteiger partial charge is 0.484 e. The molecule has 1 aromatic carbocycles. The van der Waals surface area contributed by atoms with Crippen molar-refractivity contribution < 1.29 is 19.4 Å². The van der Waals surface area contributed by atoms with Crippen LogP contribution in [0, 0.1) is 12.8 Å². The lowest BCUT2D eigenvalue weighted by Gasteiger charge is -2.20. The summed E-state index contributed by atoms with van der Waals surface area (Å²) in [6.45, 7) is 5.39. The number of carbonyl (C=O) groups excluding carboxylic acids is 1. The van der Waals surface area contributed by atoms with Gasteiger partial charge in [0.2, 0.25) is 0 Å². The highest BCUT2D eigenvalue weighted by atomic mass is 35.5. The summed E-state index contributed by atoms with van der Waals surface area (Å²) in [4.78, 5) is 22.6. The Morgan fingerprint density at radius 1 is 1.38 bits per heavy atom. The van der Waals surface area contributed by atoms with Crippen LogP contribution in [0.2, 0.25) is 5.02 Å². The molecule has 116 valence electrons. The first-order chi connectivity index (χ1) is 9.79. The smallest absolute Gasteiger partial charge is 0.305 e. The lowest BCUT2D eigenvalue weighted by atomic mass is 10.0. The number of hydrogen-bond acceptors (Lipinski definition) is 3. The van der Waals surface area contributed by atoms with Crippen LogP contribution in [0.4, 0.5) is 0 Å². The Balaban J connectivity index is 2.54. The first kappa shape index (κ1) is 17.3. The summed E-state index contributed by atoms with van der Waals surface area (Å²) in [5.74, 6) is -0.677. The highest BCUT2D eigenvalue weighted by molar-refractivity contribution is 6.30. The Morgan fingerprint density at radius 2 is 2.05 bits per heavy atom. The molecule has 0 radical (unpaired) electrons. The summed E-state index contributed by atoms with van der Waals surface area (Å²) >= 11 is 5.84. The maximum Gasteiger partial charge on any atom is 0.305 e. The second-order valence-electron chi connectivity index (χ2n) is 5.21. The van der Waals surface area contributed by atoms with Crippen molar-refractivity contribution in [3.63, 3.8) is 0 Å². The first-order valence-electron chi connectivity index (χ1n) is 6.69. The van der Waals surface area contributed by atoms with E-state index in [-0.39, 0.29) is 24.9 Å². The van der Waals surface area contributed by atoms with Crippen LogP contribution in [0.15, 0.2) is 18.2 Å². The summed E-state index contributed by atoms with van der Waals surface area (Å²) in [6, 6.07) is 4.71. The topological polar surface area (TPSA) is 75.6 Å². The fourth-order valence-electron chi connectivity index (χ4n) is 1.81. The molecule has 1 aromatic rings. The number of carboxylic acid groups (broad SMARTS) is 1. The lowest BCUT2D eigenvalue weighted by Crippen LogP contribution is -2.42. The van der Waals surface area contributed by atoms with Crippen molar-refractivity contribution in [1.29, 1.82) is 0 Å². The average Bonchev–Trinajstić information content (AvgIpc) is 2.36. The fraction of sp³-hybridized carbons (Fsp3) is 0.467. The maximum absolute atomic E-state index is 11.8. The second-order valence-corrected chi connectivity index (χ2v) is 5.65. The van der Waals surface area contributed by atoms with Crippen molar-refractivity contribution in [2.75, 3.05) is 6.61 Å². The Hall–Kier alpha value is -1.75. The molecule has 0 saturated heterocycles. The molecule has 2 N–H and O–H groups in total. The number of rotatable bonds is 7. The number of aryl methyl sites for hydroxylation is 1. The number of ether oxygens (including phenoxy) is 1. The SMILES string of the molecule is Cc1cc(Cl)ccc1OCC(=O)NC(CC(=O)O)C(C)C. The molecule has 1 unspecified atom stereocenters. The van der Waals surface area contributed by atoms with Gasteiger partial charge in [-0.05, 0) is 36.6 Å². The van der Waals surface area contributed by atoms with E-state index < -0.39 is 12.0 Å². The summed E-state index contributed by atoms with van der Waals surface area (Å²) in [5.41, 5.74) is 0.834. The van der Waals surface area contributed by atoms with Gasteiger partial charge in [-0.1, -0.05) is 25.4 Å². The first-order valence-corrected chi connectivity index (χ1v) is 7.07. The van der Waals surface area contributed by atoms with Gasteiger partial charge in [-0.15, -0.1) is 0 Å². The number of benzene rings is 1. The summed E-state index contributed by atoms with van der Waals surface area (Å²) < 4.78 is 5.42. The van der Waals surface area contributed by atoms with Crippen LogP contribution < -0.4 is 10.1 Å². The third-order valence-electron chi connectivity index (χ3n) is 3.04. The molecule has 1 rings (SSSR count). The van der Waals surface area contributed by atoms with Crippen LogP contribution in [0.3, 0.4) is 0 Å². The second kappa shape index (κ2) is 7.88. The van der Waals surface area contributed by atoms with Gasteiger partial charge in [0.15, 0.2) is 6.61 Å². The van der Waals surface area contributed by atoms with Crippen LogP contribution in [-0.2, 0) is 9.59 Å². The standard InChI is InChI=1S/C15H20ClNO4/c1-9(2)12(7-15(19)20)17-14(18)8-21-13-5-4-11(16)6-10(13)3/h4-6,9,12H,7-8H2,1-3H3,(H,17,18)(H,19,20). The molecule has 21 heavy (non-hydrogen) atoms. The predicted molar refractivity (Wildman–Crippen MR) is 80.7 cm³/mol. The summed E-state index contributed by atoms with van der Waals surface area (Å²) in [7, 11) is 0. The van der Waals surface area contributed by atoms with Gasteiger partial charge in [-0.2, -0.15) is 0 Å². The Kier molecular flexibility index (Phi) is 6.49. The molecule has 0 heterocycles. The molecule has 0 saturated carbocycles. The number of nitrogens with one attached hydrogen (secondary N) is 1. The number of carboxylic acids is 1. The normalized spacial score (nSPS) is 12.0. The van der Waals surface area contributed by atoms with Crippen LogP contribution in [0.25, 0.3) is 0 Å². The van der Waals surface area contributed by atoms with E-state index in [9.17, 15) is 9.59 Å². The van der Waals surface area contributed by atoms with Gasteiger partial charge >= 0.3 is 5.97 Å². The third-order valence-corrected chi connectivity index (χ3v) is 3.28. The van der Waals surface area contributed by atoms with Crippen LogP contribution in [-0.4, -0.2) is 29.6 Å². The van der Waals surface area contributed by atoms with Crippen molar-refractivity contribution in [2.24, 2.45) is 5.92 Å². The van der Waals surface area contributed by atoms with E-state index in [1.54, 1.807) is 18.2 Å². The molecule has 0 aliphatic rings. The Labute approximate surface area is 129 Å². The highest BCUT2D eigenvalue weighted by Crippen LogP contribution is 2.21. The molecule has 0 aliphatic heterocycles. The molecule has 1 amide bonds. The molecular weight excluding hydrogens is 294 g/mol. The zero-order valence-corrected chi connectivity index (χ0v) is 13.1. The van der Waals surface area contributed by atoms with E-state index in [0.717, 1.165) is 5.56 Å². The van der Waals surface area contributed by atoms with Crippen LogP contribution in [0.5, 0.6) is 5.75 Å². The van der Waals surface area contributed by atoms with Gasteiger partial charge in [0.1, 0.15) is 5.75 Å². The maximum atomic E-state index is 11.8. The highest BCUT2D eigenvalue weighted by Gasteiger charge is 2.19. The van der Waals surface area contributed by atoms with Crippen molar-refractivity contribution in [1.82, 2.24) is 5.32 Å². The number of carbonyl (C=O) groups is 2. The van der Waals surface area contributed by atoms with Crippen molar-refractivity contribution in [2.45, 2.75) is 33.2 Å². The molecule has 1 atom stereocenters. The number of hydrogen-bond donors (Lipinski definition) is 2. The predicted octanol–water partition coefficient (Wildman–Crippen LogP) is 2.64. The zero-order valence-electron chi connectivity index (χ0n) is 12.4. The zero-order chi connectivity index (χ0) is 16.0. The van der Waals surface area contributed by atoms with Crippen LogP contribution >= 0.6 is 11.6 Å². The Bertz CT molecular complexity index is 516. The van der Waals surface area contributed by atoms with E-state index in [1.807, 2.05) is 20.8 Å². The molecular formula is C15H20ClNO4.